The van der Waals surface area contributed by atoms with E-state index in [4.69, 9.17) is 29.8 Å². The lowest BCUT2D eigenvalue weighted by molar-refractivity contribution is -0.138. The second-order valence-corrected chi connectivity index (χ2v) is 6.29. The third-order valence-corrected chi connectivity index (χ3v) is 3.95. The topological polar surface area (TPSA) is 146 Å². The normalized spacial score (nSPS) is 11.9. The molecule has 4 N–H and O–H groups in total. The molecule has 11 heteroatoms. The first kappa shape index (κ1) is 25.8. The molecule has 0 aliphatic carbocycles. The number of thioether (sulfide) groups is 1. The van der Waals surface area contributed by atoms with Crippen molar-refractivity contribution in [1.29, 1.82) is 0 Å². The second-order valence-electron chi connectivity index (χ2n) is 5.26. The van der Waals surface area contributed by atoms with Gasteiger partial charge in [0.05, 0.1) is 71.1 Å². The number of hydrogen-bond acceptors (Lipinski definition) is 9. The fourth-order valence-corrected chi connectivity index (χ4v) is 2.32. The smallest absolute Gasteiger partial charge is 0.305 e. The van der Waals surface area contributed by atoms with Crippen molar-refractivity contribution in [3.05, 3.63) is 0 Å². The summed E-state index contributed by atoms with van der Waals surface area (Å²) in [4.78, 5) is 32.0. The van der Waals surface area contributed by atoms with E-state index in [1.807, 2.05) is 0 Å². The molecule has 0 saturated heterocycles. The summed E-state index contributed by atoms with van der Waals surface area (Å²) in [6.45, 7) is 3.40. The molecule has 1 atom stereocenters. The highest BCUT2D eigenvalue weighted by Crippen LogP contribution is 1.99. The van der Waals surface area contributed by atoms with E-state index in [1.165, 1.54) is 11.8 Å². The number of ether oxygens (including phenoxy) is 4. The van der Waals surface area contributed by atoms with Crippen LogP contribution in [0.3, 0.4) is 0 Å². The number of amides is 1. The van der Waals surface area contributed by atoms with Crippen LogP contribution in [0.1, 0.15) is 6.42 Å². The number of nitrogens with two attached hydrogens (primary N) is 1. The third kappa shape index (κ3) is 20.9. The zero-order valence-electron chi connectivity index (χ0n) is 15.4. The average Bonchev–Trinajstić information content (AvgIpc) is 2.64. The summed E-state index contributed by atoms with van der Waals surface area (Å²) < 4.78 is 20.9. The molecule has 10 nitrogen and oxygen atoms in total. The van der Waals surface area contributed by atoms with Gasteiger partial charge in [0.1, 0.15) is 6.29 Å². The Kier molecular flexibility index (Phi) is 18.6. The second kappa shape index (κ2) is 19.5. The maximum atomic E-state index is 11.5. The maximum absolute atomic E-state index is 11.5. The summed E-state index contributed by atoms with van der Waals surface area (Å²) in [5, 5.41) is 11.1. The molecule has 0 saturated carbocycles. The van der Waals surface area contributed by atoms with Gasteiger partial charge in [-0.25, -0.2) is 0 Å². The van der Waals surface area contributed by atoms with Crippen LogP contribution in [-0.2, 0) is 33.3 Å². The van der Waals surface area contributed by atoms with E-state index in [1.54, 1.807) is 0 Å². The van der Waals surface area contributed by atoms with Crippen LogP contribution in [0.25, 0.3) is 0 Å². The molecule has 1 amide bonds. The van der Waals surface area contributed by atoms with E-state index in [2.05, 4.69) is 5.32 Å². The number of carboxylic acid groups (broad SMARTS) is 1. The van der Waals surface area contributed by atoms with Crippen molar-refractivity contribution in [3.63, 3.8) is 0 Å². The van der Waals surface area contributed by atoms with Gasteiger partial charge in [-0.2, -0.15) is 0 Å². The van der Waals surface area contributed by atoms with Gasteiger partial charge in [0.25, 0.3) is 0 Å². The van der Waals surface area contributed by atoms with E-state index in [9.17, 15) is 14.4 Å². The fourth-order valence-electron chi connectivity index (χ4n) is 1.56. The number of nitrogens with one attached hydrogen (secondary N) is 1. The molecule has 0 aliphatic rings. The highest BCUT2D eigenvalue weighted by molar-refractivity contribution is 8.00. The molecule has 158 valence electrons. The van der Waals surface area contributed by atoms with Crippen molar-refractivity contribution in [2.75, 3.05) is 70.9 Å². The molecule has 0 rings (SSSR count). The van der Waals surface area contributed by atoms with E-state index in [0.29, 0.717) is 64.8 Å². The lowest BCUT2D eigenvalue weighted by Crippen LogP contribution is -2.30. The Balaban J connectivity index is 3.17. The highest BCUT2D eigenvalue weighted by atomic mass is 32.2. The SMILES string of the molecule is N[C@H](C=O)CSCC(=O)NCCOCCOCCOCCOCCC(=O)O. The van der Waals surface area contributed by atoms with E-state index in [-0.39, 0.29) is 24.7 Å². The first-order chi connectivity index (χ1) is 13.1. The molecule has 0 aromatic carbocycles. The Morgan fingerprint density at radius 2 is 1.48 bits per heavy atom. The van der Waals surface area contributed by atoms with Gasteiger partial charge < -0.3 is 39.9 Å². The largest absolute Gasteiger partial charge is 0.481 e. The lowest BCUT2D eigenvalue weighted by Gasteiger charge is -2.08. The fraction of sp³-hybridized carbons (Fsp3) is 0.812. The van der Waals surface area contributed by atoms with Crippen LogP contribution in [0.4, 0.5) is 0 Å². The van der Waals surface area contributed by atoms with E-state index >= 15 is 0 Å². The van der Waals surface area contributed by atoms with Crippen LogP contribution < -0.4 is 11.1 Å². The van der Waals surface area contributed by atoms with Gasteiger partial charge in [0.2, 0.25) is 5.91 Å². The maximum Gasteiger partial charge on any atom is 0.305 e. The van der Waals surface area contributed by atoms with Crippen LogP contribution in [0.15, 0.2) is 0 Å². The molecule has 0 heterocycles. The van der Waals surface area contributed by atoms with Crippen LogP contribution in [0, 0.1) is 0 Å². The molecule has 0 unspecified atom stereocenters. The number of carbonyl (C=O) groups is 3. The predicted octanol–water partition coefficient (Wildman–Crippen LogP) is -1.10. The summed E-state index contributed by atoms with van der Waals surface area (Å²) in [6.07, 6.45) is 0.647. The molecule has 0 aromatic heterocycles. The van der Waals surface area contributed by atoms with Gasteiger partial charge in [0, 0.05) is 12.3 Å². The van der Waals surface area contributed by atoms with Gasteiger partial charge in [-0.15, -0.1) is 11.8 Å². The molecular formula is C16H30N2O8S. The summed E-state index contributed by atoms with van der Waals surface area (Å²) in [5.74, 6) is -0.326. The molecule has 0 aromatic rings. The quantitative estimate of drug-likeness (QED) is 0.167. The summed E-state index contributed by atoms with van der Waals surface area (Å²) in [6, 6.07) is -0.534. The predicted molar refractivity (Wildman–Crippen MR) is 99.9 cm³/mol. The number of hydrogen-bond donors (Lipinski definition) is 3. The van der Waals surface area contributed by atoms with Crippen molar-refractivity contribution >= 4 is 29.9 Å². The zero-order chi connectivity index (χ0) is 20.2. The molecule has 27 heavy (non-hydrogen) atoms. The number of aliphatic carboxylic acids is 1. The van der Waals surface area contributed by atoms with Gasteiger partial charge in [-0.05, 0) is 0 Å². The lowest BCUT2D eigenvalue weighted by atomic mass is 10.4. The summed E-state index contributed by atoms with van der Waals surface area (Å²) >= 11 is 1.31. The summed E-state index contributed by atoms with van der Waals surface area (Å²) in [7, 11) is 0. The summed E-state index contributed by atoms with van der Waals surface area (Å²) in [5.41, 5.74) is 5.42. The molecule has 0 fully saturated rings. The van der Waals surface area contributed by atoms with E-state index in [0.717, 1.165) is 0 Å². The Morgan fingerprint density at radius 1 is 0.963 bits per heavy atom. The standard InChI is InChI=1S/C16H30N2O8S/c17-14(11-19)12-27-13-15(20)18-2-4-24-6-8-26-10-9-25-7-5-23-3-1-16(21)22/h11,14H,1-10,12-13,17H2,(H,18,20)(H,21,22)/t14-/m1/s1. The van der Waals surface area contributed by atoms with Crippen molar-refractivity contribution in [1.82, 2.24) is 5.32 Å². The first-order valence-electron chi connectivity index (χ1n) is 8.64. The molecule has 0 bridgehead atoms. The van der Waals surface area contributed by atoms with Gasteiger partial charge in [0.15, 0.2) is 0 Å². The Bertz CT molecular complexity index is 401. The minimum Gasteiger partial charge on any atom is -0.481 e. The Morgan fingerprint density at radius 3 is 2.00 bits per heavy atom. The van der Waals surface area contributed by atoms with Crippen LogP contribution >= 0.6 is 11.8 Å². The molecule has 0 radical (unpaired) electrons. The third-order valence-electron chi connectivity index (χ3n) is 2.86. The van der Waals surface area contributed by atoms with Crippen molar-refractivity contribution in [2.24, 2.45) is 5.73 Å². The average molecular weight is 410 g/mol. The van der Waals surface area contributed by atoms with Crippen molar-refractivity contribution in [2.45, 2.75) is 12.5 Å². The van der Waals surface area contributed by atoms with Gasteiger partial charge in [-0.1, -0.05) is 0 Å². The molecular weight excluding hydrogens is 380 g/mol. The molecule has 0 aliphatic heterocycles. The highest BCUT2D eigenvalue weighted by Gasteiger charge is 2.04. The minimum atomic E-state index is -0.885. The van der Waals surface area contributed by atoms with Crippen LogP contribution in [0.2, 0.25) is 0 Å². The van der Waals surface area contributed by atoms with Gasteiger partial charge in [-0.3, -0.25) is 9.59 Å². The Hall–Kier alpha value is -1.24. The minimum absolute atomic E-state index is 0.0120. The monoisotopic (exact) mass is 410 g/mol. The number of carbonyl (C=O) groups excluding carboxylic acids is 2. The first-order valence-corrected chi connectivity index (χ1v) is 9.79. The molecule has 0 spiro atoms. The van der Waals surface area contributed by atoms with Crippen LogP contribution in [-0.4, -0.2) is 100 Å². The van der Waals surface area contributed by atoms with Crippen LogP contribution in [0.5, 0.6) is 0 Å². The zero-order valence-corrected chi connectivity index (χ0v) is 16.2. The van der Waals surface area contributed by atoms with Crippen molar-refractivity contribution < 1.29 is 38.4 Å². The Labute approximate surface area is 163 Å². The van der Waals surface area contributed by atoms with E-state index < -0.39 is 12.0 Å². The number of aldehydes is 1. The van der Waals surface area contributed by atoms with Gasteiger partial charge >= 0.3 is 5.97 Å². The van der Waals surface area contributed by atoms with Crippen molar-refractivity contribution in [3.8, 4) is 0 Å². The number of rotatable bonds is 20. The number of carboxylic acids is 1.